The summed E-state index contributed by atoms with van der Waals surface area (Å²) in [6.45, 7) is 0.604. The monoisotopic (exact) mass is 228 g/mol. The molecule has 1 amide bonds. The number of hydrogen-bond acceptors (Lipinski definition) is 4. The van der Waals surface area contributed by atoms with Crippen molar-refractivity contribution in [3.63, 3.8) is 0 Å². The van der Waals surface area contributed by atoms with Crippen molar-refractivity contribution in [2.24, 2.45) is 5.73 Å². The minimum Gasteiger partial charge on any atom is -0.330 e. The highest BCUT2D eigenvalue weighted by molar-refractivity contribution is 6.28. The van der Waals surface area contributed by atoms with Crippen LogP contribution in [-0.4, -0.2) is 22.4 Å². The maximum atomic E-state index is 11.3. The van der Waals surface area contributed by atoms with E-state index in [1.165, 1.54) is 6.20 Å². The molecule has 6 heteroatoms. The minimum atomic E-state index is -0.0850. The van der Waals surface area contributed by atoms with Gasteiger partial charge in [-0.1, -0.05) is 0 Å². The van der Waals surface area contributed by atoms with Gasteiger partial charge in [0, 0.05) is 12.6 Å². The van der Waals surface area contributed by atoms with Crippen molar-refractivity contribution < 1.29 is 4.79 Å². The summed E-state index contributed by atoms with van der Waals surface area (Å²) in [6, 6.07) is 1.59. The molecule has 5 nitrogen and oxygen atoms in total. The molecule has 1 rings (SSSR count). The number of anilines is 1. The van der Waals surface area contributed by atoms with Gasteiger partial charge in [-0.15, -0.1) is 0 Å². The van der Waals surface area contributed by atoms with Crippen LogP contribution in [0.2, 0.25) is 5.28 Å². The summed E-state index contributed by atoms with van der Waals surface area (Å²) in [7, 11) is 0. The molecule has 0 aliphatic heterocycles. The highest BCUT2D eigenvalue weighted by Crippen LogP contribution is 2.06. The van der Waals surface area contributed by atoms with Crippen LogP contribution in [0.15, 0.2) is 12.3 Å². The van der Waals surface area contributed by atoms with Crippen LogP contribution < -0.4 is 11.1 Å². The highest BCUT2D eigenvalue weighted by atomic mass is 35.5. The standard InChI is InChI=1S/C9H13ClN4O/c10-9-12-6-4-7(14-9)13-8(15)3-1-2-5-11/h4,6H,1-3,5,11H2,(H,12,13,14,15). The van der Waals surface area contributed by atoms with Crippen molar-refractivity contribution in [2.45, 2.75) is 19.3 Å². The van der Waals surface area contributed by atoms with Crippen molar-refractivity contribution in [3.05, 3.63) is 17.5 Å². The Hall–Kier alpha value is -1.20. The Labute approximate surface area is 93.0 Å². The molecule has 0 saturated carbocycles. The molecule has 0 aliphatic carbocycles. The average molecular weight is 229 g/mol. The first-order chi connectivity index (χ1) is 7.22. The normalized spacial score (nSPS) is 10.0. The number of nitrogens with zero attached hydrogens (tertiary/aromatic N) is 2. The number of carbonyl (C=O) groups excluding carboxylic acids is 1. The van der Waals surface area contributed by atoms with Gasteiger partial charge in [0.15, 0.2) is 0 Å². The predicted molar refractivity (Wildman–Crippen MR) is 58.6 cm³/mol. The zero-order valence-corrected chi connectivity index (χ0v) is 9.00. The van der Waals surface area contributed by atoms with Gasteiger partial charge in [0.1, 0.15) is 5.82 Å². The second kappa shape index (κ2) is 6.31. The summed E-state index contributed by atoms with van der Waals surface area (Å²) in [6.07, 6.45) is 3.56. The van der Waals surface area contributed by atoms with Crippen LogP contribution >= 0.6 is 11.6 Å². The van der Waals surface area contributed by atoms with Crippen LogP contribution in [0.5, 0.6) is 0 Å². The van der Waals surface area contributed by atoms with Crippen LogP contribution in [0.25, 0.3) is 0 Å². The Morgan fingerprint density at radius 2 is 2.33 bits per heavy atom. The number of halogens is 1. The number of nitrogens with one attached hydrogen (secondary N) is 1. The first-order valence-corrected chi connectivity index (χ1v) is 5.08. The SMILES string of the molecule is NCCCCC(=O)Nc1ccnc(Cl)n1. The smallest absolute Gasteiger partial charge is 0.225 e. The van der Waals surface area contributed by atoms with Gasteiger partial charge in [-0.3, -0.25) is 4.79 Å². The molecule has 82 valence electrons. The molecular weight excluding hydrogens is 216 g/mol. The molecule has 0 unspecified atom stereocenters. The van der Waals surface area contributed by atoms with Gasteiger partial charge in [0.2, 0.25) is 11.2 Å². The van der Waals surface area contributed by atoms with Gasteiger partial charge in [0.25, 0.3) is 0 Å². The minimum absolute atomic E-state index is 0.0850. The summed E-state index contributed by atoms with van der Waals surface area (Å²) in [5.41, 5.74) is 5.32. The Morgan fingerprint density at radius 3 is 3.00 bits per heavy atom. The van der Waals surface area contributed by atoms with E-state index >= 15 is 0 Å². The van der Waals surface area contributed by atoms with E-state index in [1.807, 2.05) is 0 Å². The van der Waals surface area contributed by atoms with E-state index in [0.29, 0.717) is 18.8 Å². The number of rotatable bonds is 5. The first-order valence-electron chi connectivity index (χ1n) is 4.71. The molecule has 0 radical (unpaired) electrons. The summed E-state index contributed by atoms with van der Waals surface area (Å²) in [4.78, 5) is 18.9. The lowest BCUT2D eigenvalue weighted by atomic mass is 10.2. The molecule has 1 heterocycles. The van der Waals surface area contributed by atoms with Crippen molar-refractivity contribution in [1.29, 1.82) is 0 Å². The summed E-state index contributed by atoms with van der Waals surface area (Å²) >= 11 is 5.57. The van der Waals surface area contributed by atoms with E-state index in [4.69, 9.17) is 17.3 Å². The molecule has 0 bridgehead atoms. The molecule has 3 N–H and O–H groups in total. The van der Waals surface area contributed by atoms with Crippen molar-refractivity contribution in [2.75, 3.05) is 11.9 Å². The molecular formula is C9H13ClN4O. The fourth-order valence-corrected chi connectivity index (χ4v) is 1.19. The number of nitrogens with two attached hydrogens (primary N) is 1. The van der Waals surface area contributed by atoms with Crippen LogP contribution in [0.4, 0.5) is 5.82 Å². The zero-order chi connectivity index (χ0) is 11.1. The van der Waals surface area contributed by atoms with Gasteiger partial charge in [-0.2, -0.15) is 0 Å². The summed E-state index contributed by atoms with van der Waals surface area (Å²) in [5.74, 6) is 0.339. The lowest BCUT2D eigenvalue weighted by molar-refractivity contribution is -0.116. The number of hydrogen-bond donors (Lipinski definition) is 2. The fraction of sp³-hybridized carbons (Fsp3) is 0.444. The molecule has 1 aromatic rings. The van der Waals surface area contributed by atoms with Gasteiger partial charge >= 0.3 is 0 Å². The Morgan fingerprint density at radius 1 is 1.53 bits per heavy atom. The van der Waals surface area contributed by atoms with Crippen molar-refractivity contribution in [3.8, 4) is 0 Å². The van der Waals surface area contributed by atoms with Crippen LogP contribution in [-0.2, 0) is 4.79 Å². The summed E-state index contributed by atoms with van der Waals surface area (Å²) in [5, 5.41) is 2.75. The number of carbonyl (C=O) groups is 1. The number of aromatic nitrogens is 2. The maximum absolute atomic E-state index is 11.3. The van der Waals surface area contributed by atoms with E-state index in [0.717, 1.165) is 12.8 Å². The van der Waals surface area contributed by atoms with Gasteiger partial charge in [-0.25, -0.2) is 9.97 Å². The van der Waals surface area contributed by atoms with Crippen LogP contribution in [0.1, 0.15) is 19.3 Å². The molecule has 0 aromatic carbocycles. The second-order valence-corrected chi connectivity index (χ2v) is 3.34. The third-order valence-corrected chi connectivity index (χ3v) is 1.93. The third-order valence-electron chi connectivity index (χ3n) is 1.75. The summed E-state index contributed by atoms with van der Waals surface area (Å²) < 4.78 is 0. The molecule has 15 heavy (non-hydrogen) atoms. The quantitative estimate of drug-likeness (QED) is 0.586. The highest BCUT2D eigenvalue weighted by Gasteiger charge is 2.03. The van der Waals surface area contributed by atoms with Crippen LogP contribution in [0, 0.1) is 0 Å². The second-order valence-electron chi connectivity index (χ2n) is 3.00. The lowest BCUT2D eigenvalue weighted by Gasteiger charge is -2.03. The van der Waals surface area contributed by atoms with E-state index in [9.17, 15) is 4.79 Å². The maximum Gasteiger partial charge on any atom is 0.225 e. The largest absolute Gasteiger partial charge is 0.330 e. The Balaban J connectivity index is 2.37. The van der Waals surface area contributed by atoms with Crippen molar-refractivity contribution >= 4 is 23.3 Å². The molecule has 0 spiro atoms. The number of amides is 1. The molecule has 0 atom stereocenters. The van der Waals surface area contributed by atoms with E-state index in [-0.39, 0.29) is 11.2 Å². The predicted octanol–water partition coefficient (Wildman–Crippen LogP) is 1.20. The first kappa shape index (κ1) is 11.9. The van der Waals surface area contributed by atoms with E-state index in [1.54, 1.807) is 6.07 Å². The lowest BCUT2D eigenvalue weighted by Crippen LogP contribution is -2.13. The zero-order valence-electron chi connectivity index (χ0n) is 8.24. The fourth-order valence-electron chi connectivity index (χ4n) is 1.04. The Bertz CT molecular complexity index is 332. The number of unbranched alkanes of at least 4 members (excludes halogenated alkanes) is 1. The third kappa shape index (κ3) is 4.71. The molecule has 0 fully saturated rings. The average Bonchev–Trinajstić information content (AvgIpc) is 2.18. The topological polar surface area (TPSA) is 80.9 Å². The van der Waals surface area contributed by atoms with Gasteiger partial charge in [0.05, 0.1) is 0 Å². The van der Waals surface area contributed by atoms with E-state index < -0.39 is 0 Å². The van der Waals surface area contributed by atoms with E-state index in [2.05, 4.69) is 15.3 Å². The molecule has 0 saturated heterocycles. The molecule has 1 aromatic heterocycles. The Kier molecular flexibility index (Phi) is 5.00. The van der Waals surface area contributed by atoms with Crippen molar-refractivity contribution in [1.82, 2.24) is 9.97 Å². The van der Waals surface area contributed by atoms with Gasteiger partial charge in [-0.05, 0) is 37.1 Å². The van der Waals surface area contributed by atoms with Crippen LogP contribution in [0.3, 0.4) is 0 Å². The van der Waals surface area contributed by atoms with Gasteiger partial charge < -0.3 is 11.1 Å². The molecule has 0 aliphatic rings.